The van der Waals surface area contributed by atoms with E-state index in [1.54, 1.807) is 63.2 Å². The zero-order valence-corrected chi connectivity index (χ0v) is 20.6. The van der Waals surface area contributed by atoms with Crippen molar-refractivity contribution in [2.45, 2.75) is 31.8 Å². The van der Waals surface area contributed by atoms with Gasteiger partial charge in [0, 0.05) is 13.1 Å². The summed E-state index contributed by atoms with van der Waals surface area (Å²) in [7, 11) is -3.76. The minimum absolute atomic E-state index is 0.0344. The van der Waals surface area contributed by atoms with E-state index < -0.39 is 22.0 Å². The molecule has 0 aliphatic heterocycles. The van der Waals surface area contributed by atoms with Gasteiger partial charge in [0.1, 0.15) is 11.5 Å². The van der Waals surface area contributed by atoms with E-state index in [1.165, 1.54) is 28.6 Å². The summed E-state index contributed by atoms with van der Waals surface area (Å²) in [6, 6.07) is 21.8. The number of para-hydroxylation sites is 1. The van der Waals surface area contributed by atoms with Crippen LogP contribution in [0.3, 0.4) is 0 Å². The molecule has 3 aromatic carbocycles. The molecule has 0 aromatic heterocycles. The van der Waals surface area contributed by atoms with Gasteiger partial charge in [-0.1, -0.05) is 38.1 Å². The monoisotopic (exact) mass is 493 g/mol. The number of carbonyl (C=O) groups is 1. The maximum Gasteiger partial charge on any atom is 0.265 e. The van der Waals surface area contributed by atoms with Crippen molar-refractivity contribution in [2.24, 2.45) is 0 Å². The number of ether oxygens (including phenoxy) is 2. The summed E-state index contributed by atoms with van der Waals surface area (Å²) in [6.07, 6.45) is -0.934. The highest BCUT2D eigenvalue weighted by molar-refractivity contribution is 7.89. The highest BCUT2D eigenvalue weighted by Gasteiger charge is 2.24. The first kappa shape index (κ1) is 25.7. The summed E-state index contributed by atoms with van der Waals surface area (Å²) in [4.78, 5) is 13.0. The maximum absolute atomic E-state index is 13.1. The second-order valence-electron chi connectivity index (χ2n) is 7.55. The number of hydrogen-bond acceptors (Lipinski definition) is 6. The van der Waals surface area contributed by atoms with E-state index in [0.717, 1.165) is 0 Å². The van der Waals surface area contributed by atoms with E-state index in [-0.39, 0.29) is 16.3 Å². The number of rotatable bonds is 10. The molecule has 0 heterocycles. The van der Waals surface area contributed by atoms with Gasteiger partial charge in [-0.3, -0.25) is 4.79 Å². The lowest BCUT2D eigenvalue weighted by atomic mass is 10.2. The third-order valence-corrected chi connectivity index (χ3v) is 7.21. The fourth-order valence-electron chi connectivity index (χ4n) is 3.32. The van der Waals surface area contributed by atoms with Crippen LogP contribution in [-0.2, 0) is 14.8 Å². The van der Waals surface area contributed by atoms with Gasteiger partial charge in [-0.05, 0) is 55.5 Å². The summed E-state index contributed by atoms with van der Waals surface area (Å²) in [5.74, 6) is 0.662. The average molecular weight is 494 g/mol. The first-order valence-electron chi connectivity index (χ1n) is 11.1. The molecular weight excluding hydrogens is 466 g/mol. The van der Waals surface area contributed by atoms with Gasteiger partial charge in [-0.15, -0.1) is 0 Å². The molecule has 182 valence electrons. The fourth-order valence-corrected chi connectivity index (χ4v) is 4.80. The van der Waals surface area contributed by atoms with Gasteiger partial charge in [0.15, 0.2) is 11.9 Å². The SMILES string of the molecule is CCN(CC)S(=O)(=O)c1ccc(Oc2ccccc2)c(NC(=O)C(C)Oc2cccc(C#N)c2)c1. The van der Waals surface area contributed by atoms with Crippen molar-refractivity contribution in [3.63, 3.8) is 0 Å². The van der Waals surface area contributed by atoms with Gasteiger partial charge in [0.2, 0.25) is 10.0 Å². The number of carbonyl (C=O) groups excluding carboxylic acids is 1. The van der Waals surface area contributed by atoms with Crippen molar-refractivity contribution >= 4 is 21.6 Å². The molecule has 0 aliphatic carbocycles. The molecule has 0 saturated heterocycles. The first-order valence-corrected chi connectivity index (χ1v) is 12.6. The average Bonchev–Trinajstić information content (AvgIpc) is 2.86. The normalized spacial score (nSPS) is 12.0. The second-order valence-corrected chi connectivity index (χ2v) is 9.49. The van der Waals surface area contributed by atoms with E-state index in [1.807, 2.05) is 12.1 Å². The lowest BCUT2D eigenvalue weighted by Gasteiger charge is -2.21. The maximum atomic E-state index is 13.1. The molecule has 3 aromatic rings. The van der Waals surface area contributed by atoms with Crippen LogP contribution in [0.2, 0.25) is 0 Å². The quantitative estimate of drug-likeness (QED) is 0.435. The van der Waals surface area contributed by atoms with Crippen LogP contribution < -0.4 is 14.8 Å². The number of benzene rings is 3. The van der Waals surface area contributed by atoms with Gasteiger partial charge < -0.3 is 14.8 Å². The van der Waals surface area contributed by atoms with Crippen molar-refractivity contribution in [1.82, 2.24) is 4.31 Å². The third kappa shape index (κ3) is 6.38. The molecule has 0 bridgehead atoms. The molecule has 0 fully saturated rings. The Labute approximate surface area is 205 Å². The molecule has 0 saturated carbocycles. The zero-order valence-electron chi connectivity index (χ0n) is 19.8. The number of sulfonamides is 1. The van der Waals surface area contributed by atoms with Crippen LogP contribution in [0.15, 0.2) is 77.7 Å². The van der Waals surface area contributed by atoms with E-state index in [9.17, 15) is 13.2 Å². The highest BCUT2D eigenvalue weighted by atomic mass is 32.2. The second kappa shape index (κ2) is 11.5. The Bertz CT molecular complexity index is 1320. The van der Waals surface area contributed by atoms with Gasteiger partial charge in [-0.25, -0.2) is 8.42 Å². The summed E-state index contributed by atoms with van der Waals surface area (Å²) in [5.41, 5.74) is 0.594. The Morgan fingerprint density at radius 1 is 1.00 bits per heavy atom. The smallest absolute Gasteiger partial charge is 0.265 e. The van der Waals surface area contributed by atoms with Crippen molar-refractivity contribution < 1.29 is 22.7 Å². The Morgan fingerprint density at radius 3 is 2.34 bits per heavy atom. The molecule has 1 atom stereocenters. The van der Waals surface area contributed by atoms with E-state index in [0.29, 0.717) is 30.2 Å². The Hall–Kier alpha value is -3.87. The predicted octanol–water partition coefficient (Wildman–Crippen LogP) is 4.79. The van der Waals surface area contributed by atoms with Crippen molar-refractivity contribution in [1.29, 1.82) is 5.26 Å². The molecular formula is C26H27N3O5S. The van der Waals surface area contributed by atoms with E-state index in [4.69, 9.17) is 14.7 Å². The molecule has 3 rings (SSSR count). The minimum atomic E-state index is -3.76. The lowest BCUT2D eigenvalue weighted by molar-refractivity contribution is -0.122. The molecule has 35 heavy (non-hydrogen) atoms. The number of amides is 1. The van der Waals surface area contributed by atoms with Crippen molar-refractivity contribution in [3.05, 3.63) is 78.4 Å². The van der Waals surface area contributed by atoms with Crippen molar-refractivity contribution in [3.8, 4) is 23.3 Å². The summed E-state index contributed by atoms with van der Waals surface area (Å²) >= 11 is 0. The van der Waals surface area contributed by atoms with Crippen LogP contribution in [0, 0.1) is 11.3 Å². The van der Waals surface area contributed by atoms with Gasteiger partial charge in [0.05, 0.1) is 22.2 Å². The van der Waals surface area contributed by atoms with Crippen LogP contribution in [0.25, 0.3) is 0 Å². The Morgan fingerprint density at radius 2 is 1.69 bits per heavy atom. The van der Waals surface area contributed by atoms with Gasteiger partial charge >= 0.3 is 0 Å². The molecule has 0 radical (unpaired) electrons. The largest absolute Gasteiger partial charge is 0.481 e. The number of nitrogens with zero attached hydrogens (tertiary/aromatic N) is 2. The first-order chi connectivity index (χ1) is 16.8. The molecule has 8 nitrogen and oxygen atoms in total. The molecule has 0 spiro atoms. The number of hydrogen-bond donors (Lipinski definition) is 1. The van der Waals surface area contributed by atoms with E-state index >= 15 is 0 Å². The van der Waals surface area contributed by atoms with Crippen LogP contribution in [0.1, 0.15) is 26.3 Å². The van der Waals surface area contributed by atoms with Crippen LogP contribution in [0.4, 0.5) is 5.69 Å². The van der Waals surface area contributed by atoms with Crippen LogP contribution in [-0.4, -0.2) is 37.8 Å². The number of nitriles is 1. The summed E-state index contributed by atoms with van der Waals surface area (Å²) in [5, 5.41) is 11.8. The topological polar surface area (TPSA) is 109 Å². The van der Waals surface area contributed by atoms with Gasteiger partial charge in [-0.2, -0.15) is 9.57 Å². The molecule has 9 heteroatoms. The van der Waals surface area contributed by atoms with E-state index in [2.05, 4.69) is 5.32 Å². The van der Waals surface area contributed by atoms with Crippen LogP contribution in [0.5, 0.6) is 17.2 Å². The van der Waals surface area contributed by atoms with Crippen molar-refractivity contribution in [2.75, 3.05) is 18.4 Å². The third-order valence-electron chi connectivity index (χ3n) is 5.17. The molecule has 1 unspecified atom stereocenters. The predicted molar refractivity (Wildman–Crippen MR) is 133 cm³/mol. The highest BCUT2D eigenvalue weighted by Crippen LogP contribution is 2.33. The van der Waals surface area contributed by atoms with Crippen LogP contribution >= 0.6 is 0 Å². The molecule has 1 amide bonds. The Balaban J connectivity index is 1.91. The number of anilines is 1. The Kier molecular flexibility index (Phi) is 8.47. The summed E-state index contributed by atoms with van der Waals surface area (Å²) in [6.45, 7) is 5.71. The van der Waals surface area contributed by atoms with Gasteiger partial charge in [0.25, 0.3) is 5.91 Å². The number of nitrogens with one attached hydrogen (secondary N) is 1. The summed E-state index contributed by atoms with van der Waals surface area (Å²) < 4.78 is 39.1. The molecule has 0 aliphatic rings. The fraction of sp³-hybridized carbons (Fsp3) is 0.231. The molecule has 1 N–H and O–H groups in total. The zero-order chi connectivity index (χ0) is 25.4. The minimum Gasteiger partial charge on any atom is -0.481 e. The standard InChI is InChI=1S/C26H27N3O5S/c1-4-29(5-2)35(31,32)23-14-15-25(34-21-11-7-6-8-12-21)24(17-23)28-26(30)19(3)33-22-13-9-10-20(16-22)18-27/h6-17,19H,4-5H2,1-3H3,(H,28,30). The lowest BCUT2D eigenvalue weighted by Crippen LogP contribution is -2.31.